The van der Waals surface area contributed by atoms with Gasteiger partial charge in [0.2, 0.25) is 0 Å². The monoisotopic (exact) mass is 601 g/mol. The fraction of sp³-hybridized carbons (Fsp3) is 0.310. The van der Waals surface area contributed by atoms with E-state index >= 15 is 0 Å². The van der Waals surface area contributed by atoms with Crippen LogP contribution in [0.25, 0.3) is 10.2 Å². The van der Waals surface area contributed by atoms with Crippen molar-refractivity contribution in [3.05, 3.63) is 87.7 Å². The molecular weight excluding hydrogens is 572 g/mol. The number of halogens is 3. The molecule has 5 rings (SSSR count). The van der Waals surface area contributed by atoms with Crippen LogP contribution in [0, 0.1) is 5.82 Å². The van der Waals surface area contributed by atoms with Crippen molar-refractivity contribution >= 4 is 55.9 Å². The van der Waals surface area contributed by atoms with Crippen LogP contribution >= 0.6 is 34.5 Å². The van der Waals surface area contributed by atoms with Crippen LogP contribution in [-0.2, 0) is 6.54 Å². The average Bonchev–Trinajstić information content (AvgIpc) is 3.34. The zero-order chi connectivity index (χ0) is 28.1. The molecule has 1 saturated heterocycles. The number of benzene rings is 3. The maximum Gasteiger partial charge on any atom is 0.321 e. The van der Waals surface area contributed by atoms with Crippen molar-refractivity contribution in [2.24, 2.45) is 0 Å². The number of ether oxygens (including phenoxy) is 1. The van der Waals surface area contributed by atoms with Crippen molar-refractivity contribution in [3.63, 3.8) is 0 Å². The number of aromatic nitrogens is 1. The summed E-state index contributed by atoms with van der Waals surface area (Å²) < 4.78 is 20.8. The van der Waals surface area contributed by atoms with Crippen LogP contribution in [0.15, 0.2) is 60.7 Å². The molecule has 2 amide bonds. The van der Waals surface area contributed by atoms with Gasteiger partial charge < -0.3 is 10.1 Å². The van der Waals surface area contributed by atoms with Gasteiger partial charge in [0.15, 0.2) is 5.13 Å². The number of hydrogen-bond donors (Lipinski definition) is 2. The second-order valence-electron chi connectivity index (χ2n) is 9.65. The maximum absolute atomic E-state index is 13.9. The van der Waals surface area contributed by atoms with Gasteiger partial charge >= 0.3 is 6.03 Å². The molecule has 1 aromatic heterocycles. The van der Waals surface area contributed by atoms with Gasteiger partial charge in [0.25, 0.3) is 0 Å². The predicted molar refractivity (Wildman–Crippen MR) is 160 cm³/mol. The van der Waals surface area contributed by atoms with E-state index in [1.807, 2.05) is 18.2 Å². The minimum atomic E-state index is -0.573. The third kappa shape index (κ3) is 7.21. The molecule has 4 aromatic rings. The fourth-order valence-corrected chi connectivity index (χ4v) is 6.26. The molecule has 11 heteroatoms. The number of nitrogens with one attached hydrogen (secondary N) is 2. The van der Waals surface area contributed by atoms with Crippen LogP contribution in [0.5, 0.6) is 5.75 Å². The number of rotatable bonds is 9. The van der Waals surface area contributed by atoms with Crippen LogP contribution in [0.3, 0.4) is 0 Å². The summed E-state index contributed by atoms with van der Waals surface area (Å²) in [6.07, 6.45) is -0.573. The van der Waals surface area contributed by atoms with Crippen molar-refractivity contribution in [1.82, 2.24) is 20.1 Å². The molecule has 0 bridgehead atoms. The second kappa shape index (κ2) is 13.1. The van der Waals surface area contributed by atoms with E-state index in [-0.39, 0.29) is 11.1 Å². The van der Waals surface area contributed by atoms with Crippen LogP contribution < -0.4 is 15.4 Å². The molecule has 1 atom stereocenters. The van der Waals surface area contributed by atoms with Crippen LogP contribution in [0.4, 0.5) is 14.3 Å². The molecule has 3 aromatic carbocycles. The molecule has 2 N–H and O–H groups in total. The number of thiazole rings is 1. The molecule has 0 aliphatic carbocycles. The maximum atomic E-state index is 13.9. The number of hydrogen-bond acceptors (Lipinski definition) is 6. The van der Waals surface area contributed by atoms with Gasteiger partial charge in [-0.15, -0.1) is 0 Å². The van der Waals surface area contributed by atoms with Crippen molar-refractivity contribution in [2.45, 2.75) is 19.6 Å². The molecule has 0 spiro atoms. The van der Waals surface area contributed by atoms with Gasteiger partial charge in [-0.05, 0) is 42.8 Å². The number of fused-ring (bicyclic) bond motifs is 1. The Kier molecular flexibility index (Phi) is 9.39. The highest BCUT2D eigenvalue weighted by Gasteiger charge is 2.20. The predicted octanol–water partition coefficient (Wildman–Crippen LogP) is 6.82. The molecule has 0 radical (unpaired) electrons. The van der Waals surface area contributed by atoms with Crippen molar-refractivity contribution in [1.29, 1.82) is 0 Å². The lowest BCUT2D eigenvalue weighted by molar-refractivity contribution is 0.128. The number of nitrogens with zero attached hydrogens (tertiary/aromatic N) is 3. The first-order valence-corrected chi connectivity index (χ1v) is 14.7. The standard InChI is InChI=1S/C29H30Cl2FN5O2S/c1-19(26-22(30)8-9-23(32)27(26)31)39-21-7-10-24-25(17-21)40-29(34-24)35-28(38)33-11-12-36-13-15-37(16-14-36)18-20-5-3-2-4-6-20/h2-10,17,19H,11-16,18H2,1H3,(H2,33,34,35,38). The molecule has 7 nitrogen and oxygen atoms in total. The highest BCUT2D eigenvalue weighted by Crippen LogP contribution is 2.36. The summed E-state index contributed by atoms with van der Waals surface area (Å²) in [4.78, 5) is 21.8. The third-order valence-electron chi connectivity index (χ3n) is 6.81. The molecule has 210 valence electrons. The molecular formula is C29H30Cl2FN5O2S. The smallest absolute Gasteiger partial charge is 0.321 e. The first kappa shape index (κ1) is 28.6. The topological polar surface area (TPSA) is 69.7 Å². The summed E-state index contributed by atoms with van der Waals surface area (Å²) in [6, 6.07) is 18.3. The summed E-state index contributed by atoms with van der Waals surface area (Å²) in [5.74, 6) is 0.00439. The zero-order valence-electron chi connectivity index (χ0n) is 22.0. The number of amides is 2. The second-order valence-corrected chi connectivity index (χ2v) is 11.5. The van der Waals surface area contributed by atoms with E-state index in [1.54, 1.807) is 13.0 Å². The van der Waals surface area contributed by atoms with E-state index in [2.05, 4.69) is 49.7 Å². The zero-order valence-corrected chi connectivity index (χ0v) is 24.3. The lowest BCUT2D eigenvalue weighted by Crippen LogP contribution is -2.48. The fourth-order valence-electron chi connectivity index (χ4n) is 4.69. The summed E-state index contributed by atoms with van der Waals surface area (Å²) in [5.41, 5.74) is 2.46. The molecule has 40 heavy (non-hydrogen) atoms. The minimum Gasteiger partial charge on any atom is -0.486 e. The van der Waals surface area contributed by atoms with Crippen LogP contribution in [-0.4, -0.2) is 60.1 Å². The summed E-state index contributed by atoms with van der Waals surface area (Å²) >= 11 is 13.7. The van der Waals surface area contributed by atoms with Crippen molar-refractivity contribution in [2.75, 3.05) is 44.6 Å². The largest absolute Gasteiger partial charge is 0.486 e. The summed E-state index contributed by atoms with van der Waals surface area (Å²) in [6.45, 7) is 8.06. The average molecular weight is 603 g/mol. The molecule has 1 unspecified atom stereocenters. The van der Waals surface area contributed by atoms with Crippen LogP contribution in [0.1, 0.15) is 24.2 Å². The lowest BCUT2D eigenvalue weighted by atomic mass is 10.1. The van der Waals surface area contributed by atoms with Gasteiger partial charge in [-0.1, -0.05) is 64.9 Å². The van der Waals surface area contributed by atoms with Crippen molar-refractivity contribution in [3.8, 4) is 5.75 Å². The van der Waals surface area contributed by atoms with E-state index in [0.29, 0.717) is 28.0 Å². The molecule has 2 heterocycles. The van der Waals surface area contributed by atoms with Gasteiger partial charge in [0, 0.05) is 56.4 Å². The Bertz CT molecular complexity index is 1460. The summed E-state index contributed by atoms with van der Waals surface area (Å²) in [7, 11) is 0. The Balaban J connectivity index is 1.08. The third-order valence-corrected chi connectivity index (χ3v) is 8.45. The first-order valence-electron chi connectivity index (χ1n) is 13.1. The molecule has 1 aliphatic rings. The highest BCUT2D eigenvalue weighted by atomic mass is 35.5. The molecule has 1 fully saturated rings. The van der Waals surface area contributed by atoms with E-state index in [4.69, 9.17) is 27.9 Å². The van der Waals surface area contributed by atoms with Gasteiger partial charge in [-0.2, -0.15) is 0 Å². The lowest BCUT2D eigenvalue weighted by Gasteiger charge is -2.34. The Morgan fingerprint density at radius 1 is 1.07 bits per heavy atom. The Morgan fingerprint density at radius 3 is 2.60 bits per heavy atom. The molecule has 0 saturated carbocycles. The Hall–Kier alpha value is -2.95. The van der Waals surface area contributed by atoms with E-state index in [0.717, 1.165) is 49.5 Å². The van der Waals surface area contributed by atoms with E-state index in [9.17, 15) is 9.18 Å². The minimum absolute atomic E-state index is 0.0540. The molecule has 1 aliphatic heterocycles. The van der Waals surface area contributed by atoms with Gasteiger partial charge in [0.1, 0.15) is 17.7 Å². The number of carbonyl (C=O) groups is 1. The number of anilines is 1. The van der Waals surface area contributed by atoms with Crippen molar-refractivity contribution < 1.29 is 13.9 Å². The normalized spacial score (nSPS) is 15.2. The summed E-state index contributed by atoms with van der Waals surface area (Å²) in [5, 5.41) is 6.52. The van der Waals surface area contributed by atoms with E-state index < -0.39 is 11.9 Å². The highest BCUT2D eigenvalue weighted by molar-refractivity contribution is 7.22. The van der Waals surface area contributed by atoms with Gasteiger partial charge in [-0.25, -0.2) is 14.2 Å². The number of piperazine rings is 1. The number of urea groups is 1. The van der Waals surface area contributed by atoms with Gasteiger partial charge in [0.05, 0.1) is 15.2 Å². The number of carbonyl (C=O) groups excluding carboxylic acids is 1. The SMILES string of the molecule is CC(Oc1ccc2nc(NC(=O)NCCN3CCN(Cc4ccccc4)CC3)sc2c1)c1c(Cl)ccc(F)c1Cl. The first-order chi connectivity index (χ1) is 19.4. The Morgan fingerprint density at radius 2 is 1.82 bits per heavy atom. The van der Waals surface area contributed by atoms with Gasteiger partial charge in [-0.3, -0.25) is 15.1 Å². The quantitative estimate of drug-likeness (QED) is 0.206. The van der Waals surface area contributed by atoms with Crippen LogP contribution in [0.2, 0.25) is 10.0 Å². The van der Waals surface area contributed by atoms with E-state index in [1.165, 1.54) is 29.0 Å². The Labute approximate surface area is 246 Å².